The highest BCUT2D eigenvalue weighted by Gasteiger charge is 2.15. The zero-order valence-corrected chi connectivity index (χ0v) is 9.55. The van der Waals surface area contributed by atoms with E-state index in [4.69, 9.17) is 5.73 Å². The first-order chi connectivity index (χ1) is 8.13. The van der Waals surface area contributed by atoms with E-state index in [9.17, 15) is 9.90 Å². The quantitative estimate of drug-likeness (QED) is 0.719. The second-order valence-electron chi connectivity index (χ2n) is 3.91. The molecule has 0 fully saturated rings. The maximum absolute atomic E-state index is 11.5. The fourth-order valence-electron chi connectivity index (χ4n) is 1.76. The highest BCUT2D eigenvalue weighted by atomic mass is 16.3. The van der Waals surface area contributed by atoms with Gasteiger partial charge >= 0.3 is 0 Å². The van der Waals surface area contributed by atoms with E-state index >= 15 is 0 Å². The molecule has 0 aliphatic rings. The van der Waals surface area contributed by atoms with Gasteiger partial charge < -0.3 is 20.7 Å². The van der Waals surface area contributed by atoms with Crippen LogP contribution in [0.2, 0.25) is 0 Å². The normalized spacial score (nSPS) is 12.6. The molecule has 0 spiro atoms. The molecule has 0 saturated carbocycles. The summed E-state index contributed by atoms with van der Waals surface area (Å²) in [5.41, 5.74) is 6.93. The number of benzene rings is 1. The SMILES string of the molecule is Cn1cc(NC(=O)C(O)CN)c2ccccc21. The predicted molar refractivity (Wildman–Crippen MR) is 66.6 cm³/mol. The molecule has 90 valence electrons. The third-order valence-electron chi connectivity index (χ3n) is 2.68. The fraction of sp³-hybridized carbons (Fsp3) is 0.250. The molecule has 17 heavy (non-hydrogen) atoms. The number of nitrogens with one attached hydrogen (secondary N) is 1. The lowest BCUT2D eigenvalue weighted by molar-refractivity contribution is -0.123. The molecule has 0 aliphatic carbocycles. The smallest absolute Gasteiger partial charge is 0.254 e. The molecule has 5 nitrogen and oxygen atoms in total. The minimum absolute atomic E-state index is 0.0867. The molecular formula is C12H15N3O2. The molecule has 1 heterocycles. The van der Waals surface area contributed by atoms with Gasteiger partial charge in [-0.15, -0.1) is 0 Å². The Bertz CT molecular complexity index is 548. The highest BCUT2D eigenvalue weighted by Crippen LogP contribution is 2.24. The minimum atomic E-state index is -1.17. The van der Waals surface area contributed by atoms with E-state index in [1.165, 1.54) is 0 Å². The van der Waals surface area contributed by atoms with E-state index in [2.05, 4.69) is 5.32 Å². The molecule has 1 aromatic heterocycles. The van der Waals surface area contributed by atoms with Gasteiger partial charge in [-0.1, -0.05) is 18.2 Å². The number of anilines is 1. The number of hydrogen-bond donors (Lipinski definition) is 3. The zero-order chi connectivity index (χ0) is 12.4. The van der Waals surface area contributed by atoms with Crippen LogP contribution in [0.15, 0.2) is 30.5 Å². The second-order valence-corrected chi connectivity index (χ2v) is 3.91. The third-order valence-corrected chi connectivity index (χ3v) is 2.68. The van der Waals surface area contributed by atoms with Gasteiger partial charge in [0, 0.05) is 30.7 Å². The number of aliphatic hydroxyl groups excluding tert-OH is 1. The number of nitrogens with two attached hydrogens (primary N) is 1. The Morgan fingerprint density at radius 2 is 2.24 bits per heavy atom. The first kappa shape index (κ1) is 11.6. The first-order valence-corrected chi connectivity index (χ1v) is 5.36. The van der Waals surface area contributed by atoms with Crippen LogP contribution in [0.4, 0.5) is 5.69 Å². The summed E-state index contributed by atoms with van der Waals surface area (Å²) in [6.45, 7) is -0.0867. The van der Waals surface area contributed by atoms with Crippen LogP contribution < -0.4 is 11.1 Å². The van der Waals surface area contributed by atoms with Crippen LogP contribution in [0, 0.1) is 0 Å². The van der Waals surface area contributed by atoms with Crippen LogP contribution in [0.1, 0.15) is 0 Å². The topological polar surface area (TPSA) is 80.3 Å². The van der Waals surface area contributed by atoms with E-state index in [1.54, 1.807) is 0 Å². The van der Waals surface area contributed by atoms with Crippen LogP contribution in [-0.2, 0) is 11.8 Å². The van der Waals surface area contributed by atoms with Gasteiger partial charge in [0.25, 0.3) is 5.91 Å². The molecular weight excluding hydrogens is 218 g/mol. The van der Waals surface area contributed by atoms with Crippen LogP contribution in [0.3, 0.4) is 0 Å². The van der Waals surface area contributed by atoms with Gasteiger partial charge in [-0.2, -0.15) is 0 Å². The van der Waals surface area contributed by atoms with E-state index in [0.717, 1.165) is 10.9 Å². The molecule has 1 atom stereocenters. The average Bonchev–Trinajstić information content (AvgIpc) is 2.66. The van der Waals surface area contributed by atoms with Crippen molar-refractivity contribution in [3.63, 3.8) is 0 Å². The van der Waals surface area contributed by atoms with Crippen molar-refractivity contribution >= 4 is 22.5 Å². The Hall–Kier alpha value is -1.85. The number of carbonyl (C=O) groups excluding carboxylic acids is 1. The number of aromatic nitrogens is 1. The number of nitrogens with zero attached hydrogens (tertiary/aromatic N) is 1. The maximum Gasteiger partial charge on any atom is 0.254 e. The van der Waals surface area contributed by atoms with Crippen molar-refractivity contribution in [3.8, 4) is 0 Å². The van der Waals surface area contributed by atoms with Crippen LogP contribution >= 0.6 is 0 Å². The number of para-hydroxylation sites is 1. The Kier molecular flexibility index (Phi) is 3.12. The summed E-state index contributed by atoms with van der Waals surface area (Å²) >= 11 is 0. The van der Waals surface area contributed by atoms with Gasteiger partial charge in [0.05, 0.1) is 5.69 Å². The molecule has 0 aliphatic heterocycles. The predicted octanol–water partition coefficient (Wildman–Crippen LogP) is 0.436. The van der Waals surface area contributed by atoms with Crippen LogP contribution in [0.25, 0.3) is 10.9 Å². The van der Waals surface area contributed by atoms with Crippen molar-refractivity contribution in [1.29, 1.82) is 0 Å². The molecule has 5 heteroatoms. The average molecular weight is 233 g/mol. The molecule has 1 unspecified atom stereocenters. The summed E-state index contributed by atoms with van der Waals surface area (Å²) in [4.78, 5) is 11.5. The molecule has 2 aromatic rings. The van der Waals surface area contributed by atoms with Gasteiger partial charge in [-0.25, -0.2) is 0 Å². The van der Waals surface area contributed by atoms with E-state index in [0.29, 0.717) is 5.69 Å². The molecule has 0 saturated heterocycles. The van der Waals surface area contributed by atoms with Crippen molar-refractivity contribution in [2.45, 2.75) is 6.10 Å². The molecule has 1 amide bonds. The van der Waals surface area contributed by atoms with Gasteiger partial charge in [-0.3, -0.25) is 4.79 Å². The largest absolute Gasteiger partial charge is 0.382 e. The van der Waals surface area contributed by atoms with E-state index in [1.807, 2.05) is 42.1 Å². The third kappa shape index (κ3) is 2.15. The number of rotatable bonds is 3. The number of fused-ring (bicyclic) bond motifs is 1. The van der Waals surface area contributed by atoms with Crippen LogP contribution in [0.5, 0.6) is 0 Å². The summed E-state index contributed by atoms with van der Waals surface area (Å²) in [6, 6.07) is 7.71. The second kappa shape index (κ2) is 4.57. The number of aliphatic hydroxyl groups is 1. The van der Waals surface area contributed by atoms with Crippen molar-refractivity contribution in [1.82, 2.24) is 4.57 Å². The Balaban J connectivity index is 2.34. The monoisotopic (exact) mass is 233 g/mol. The summed E-state index contributed by atoms with van der Waals surface area (Å²) in [7, 11) is 1.90. The van der Waals surface area contributed by atoms with Crippen molar-refractivity contribution < 1.29 is 9.90 Å². The van der Waals surface area contributed by atoms with Gasteiger partial charge in [0.1, 0.15) is 6.10 Å². The molecule has 0 radical (unpaired) electrons. The lowest BCUT2D eigenvalue weighted by Crippen LogP contribution is -2.34. The van der Waals surface area contributed by atoms with Crippen molar-refractivity contribution in [2.75, 3.05) is 11.9 Å². The summed E-state index contributed by atoms with van der Waals surface area (Å²) in [5.74, 6) is -0.483. The van der Waals surface area contributed by atoms with Gasteiger partial charge in [0.15, 0.2) is 0 Å². The number of hydrogen-bond acceptors (Lipinski definition) is 3. The summed E-state index contributed by atoms with van der Waals surface area (Å²) < 4.78 is 1.92. The molecule has 1 aromatic carbocycles. The van der Waals surface area contributed by atoms with Crippen LogP contribution in [-0.4, -0.2) is 28.2 Å². The fourth-order valence-corrected chi connectivity index (χ4v) is 1.76. The highest BCUT2D eigenvalue weighted by molar-refractivity contribution is 6.03. The molecule has 2 rings (SSSR count). The lowest BCUT2D eigenvalue weighted by atomic mass is 10.2. The molecule has 0 bridgehead atoms. The Morgan fingerprint density at radius 1 is 1.53 bits per heavy atom. The standard InChI is InChI=1S/C12H15N3O2/c1-15-7-9(14-12(17)11(16)6-13)8-4-2-3-5-10(8)15/h2-5,7,11,16H,6,13H2,1H3,(H,14,17). The number of aryl methyl sites for hydroxylation is 1. The molecule has 4 N–H and O–H groups in total. The minimum Gasteiger partial charge on any atom is -0.382 e. The summed E-state index contributed by atoms with van der Waals surface area (Å²) in [6.07, 6.45) is 0.639. The maximum atomic E-state index is 11.5. The Morgan fingerprint density at radius 3 is 2.94 bits per heavy atom. The van der Waals surface area contributed by atoms with Crippen molar-refractivity contribution in [2.24, 2.45) is 12.8 Å². The summed E-state index contributed by atoms with van der Waals surface area (Å²) in [5, 5.41) is 12.9. The van der Waals surface area contributed by atoms with Crippen molar-refractivity contribution in [3.05, 3.63) is 30.5 Å². The first-order valence-electron chi connectivity index (χ1n) is 5.36. The number of amides is 1. The lowest BCUT2D eigenvalue weighted by Gasteiger charge is -2.07. The van der Waals surface area contributed by atoms with E-state index in [-0.39, 0.29) is 6.54 Å². The van der Waals surface area contributed by atoms with E-state index < -0.39 is 12.0 Å². The van der Waals surface area contributed by atoms with Gasteiger partial charge in [-0.05, 0) is 6.07 Å². The number of carbonyl (C=O) groups is 1. The zero-order valence-electron chi connectivity index (χ0n) is 9.55. The van der Waals surface area contributed by atoms with Gasteiger partial charge in [0.2, 0.25) is 0 Å². The Labute approximate surface area is 98.8 Å².